The van der Waals surface area contributed by atoms with Gasteiger partial charge in [-0.2, -0.15) is 4.98 Å². The summed E-state index contributed by atoms with van der Waals surface area (Å²) in [6.45, 7) is 7.88. The molecule has 3 aromatic rings. The number of nitrogens with zero attached hydrogens (tertiary/aromatic N) is 2. The molecule has 0 amide bonds. The maximum absolute atomic E-state index is 12.7. The summed E-state index contributed by atoms with van der Waals surface area (Å²) in [6, 6.07) is 11.2. The van der Waals surface area contributed by atoms with Gasteiger partial charge < -0.3 is 15.4 Å². The van der Waals surface area contributed by atoms with Crippen molar-refractivity contribution in [1.82, 2.24) is 9.97 Å². The number of anilines is 3. The number of hydrogen-bond donors (Lipinski definition) is 2. The molecule has 0 bridgehead atoms. The maximum atomic E-state index is 12.7. The molecule has 0 unspecified atom stereocenters. The molecule has 0 aliphatic rings. The molecule has 2 N–H and O–H groups in total. The van der Waals surface area contributed by atoms with Crippen LogP contribution in [0.2, 0.25) is 5.02 Å². The molecule has 1 heterocycles. The topological polar surface area (TPSA) is 59.1 Å². The van der Waals surface area contributed by atoms with Gasteiger partial charge in [-0.05, 0) is 62.6 Å². The summed E-state index contributed by atoms with van der Waals surface area (Å²) in [7, 11) is 0. The molecular formula is C23H24ClF3N4O. The van der Waals surface area contributed by atoms with Crippen molar-refractivity contribution in [3.05, 3.63) is 58.6 Å². The molecule has 0 radical (unpaired) electrons. The minimum atomic E-state index is -4.77. The fourth-order valence-electron chi connectivity index (χ4n) is 3.13. The first-order valence-corrected chi connectivity index (χ1v) is 10.5. The van der Waals surface area contributed by atoms with Crippen molar-refractivity contribution in [2.45, 2.75) is 46.5 Å². The summed E-state index contributed by atoms with van der Waals surface area (Å²) in [5.74, 6) is 0.547. The number of nitrogens with one attached hydrogen (secondary N) is 2. The normalized spacial score (nSPS) is 12.4. The molecule has 2 aromatic carbocycles. The number of rotatable bonds is 7. The van der Waals surface area contributed by atoms with Crippen LogP contribution in [0.15, 0.2) is 42.5 Å². The highest BCUT2D eigenvalue weighted by molar-refractivity contribution is 6.30. The minimum absolute atomic E-state index is 0.108. The molecule has 1 atom stereocenters. The summed E-state index contributed by atoms with van der Waals surface area (Å²) >= 11 is 6.13. The van der Waals surface area contributed by atoms with E-state index in [9.17, 15) is 13.2 Å². The highest BCUT2D eigenvalue weighted by Crippen LogP contribution is 2.31. The van der Waals surface area contributed by atoms with Gasteiger partial charge in [-0.3, -0.25) is 0 Å². The van der Waals surface area contributed by atoms with E-state index in [1.54, 1.807) is 12.1 Å². The quantitative estimate of drug-likeness (QED) is 0.385. The number of ether oxygens (including phenoxy) is 1. The van der Waals surface area contributed by atoms with Crippen LogP contribution in [0.1, 0.15) is 31.4 Å². The van der Waals surface area contributed by atoms with Gasteiger partial charge in [0.2, 0.25) is 5.95 Å². The molecule has 0 saturated carbocycles. The zero-order valence-electron chi connectivity index (χ0n) is 18.1. The second-order valence-corrected chi connectivity index (χ2v) is 7.97. The van der Waals surface area contributed by atoms with Crippen molar-refractivity contribution < 1.29 is 17.9 Å². The number of halogens is 4. The largest absolute Gasteiger partial charge is 0.573 e. The average molecular weight is 465 g/mol. The van der Waals surface area contributed by atoms with Crippen molar-refractivity contribution in [3.8, 4) is 17.0 Å². The fourth-order valence-corrected chi connectivity index (χ4v) is 3.46. The Kier molecular flexibility index (Phi) is 7.13. The van der Waals surface area contributed by atoms with Crippen LogP contribution >= 0.6 is 11.6 Å². The van der Waals surface area contributed by atoms with E-state index in [-0.39, 0.29) is 11.8 Å². The molecule has 1 aromatic heterocycles. The predicted molar refractivity (Wildman–Crippen MR) is 122 cm³/mol. The molecule has 0 spiro atoms. The van der Waals surface area contributed by atoms with E-state index in [1.165, 1.54) is 18.2 Å². The Hall–Kier alpha value is -3.00. The molecule has 0 saturated heterocycles. The zero-order chi connectivity index (χ0) is 23.5. The van der Waals surface area contributed by atoms with Crippen LogP contribution in [-0.4, -0.2) is 22.4 Å². The molecule has 9 heteroatoms. The van der Waals surface area contributed by atoms with E-state index >= 15 is 0 Å². The van der Waals surface area contributed by atoms with E-state index in [1.807, 2.05) is 39.8 Å². The Labute approximate surface area is 190 Å². The van der Waals surface area contributed by atoms with Crippen LogP contribution in [0.5, 0.6) is 5.75 Å². The first kappa shape index (κ1) is 23.7. The minimum Gasteiger partial charge on any atom is -0.406 e. The lowest BCUT2D eigenvalue weighted by molar-refractivity contribution is -0.274. The molecule has 3 rings (SSSR count). The van der Waals surface area contributed by atoms with Gasteiger partial charge in [0, 0.05) is 28.4 Å². The monoisotopic (exact) mass is 464 g/mol. The number of benzene rings is 2. The zero-order valence-corrected chi connectivity index (χ0v) is 18.9. The van der Waals surface area contributed by atoms with Gasteiger partial charge in [-0.1, -0.05) is 30.7 Å². The lowest BCUT2D eigenvalue weighted by atomic mass is 10.1. The SMILES string of the molecule is CC[C@@H](C)Nc1nc(Nc2c(C)cc(Cl)cc2C)cc(-c2cccc(OC(F)(F)F)c2)n1. The molecular weight excluding hydrogens is 441 g/mol. The third-order valence-electron chi connectivity index (χ3n) is 4.83. The summed E-state index contributed by atoms with van der Waals surface area (Å²) in [5.41, 5.74) is 3.64. The fraction of sp³-hybridized carbons (Fsp3) is 0.304. The Morgan fingerprint density at radius 2 is 1.75 bits per heavy atom. The summed E-state index contributed by atoms with van der Waals surface area (Å²) in [4.78, 5) is 9.06. The highest BCUT2D eigenvalue weighted by atomic mass is 35.5. The predicted octanol–water partition coefficient (Wildman–Crippen LogP) is 7.27. The maximum Gasteiger partial charge on any atom is 0.573 e. The van der Waals surface area contributed by atoms with E-state index in [4.69, 9.17) is 11.6 Å². The van der Waals surface area contributed by atoms with Crippen molar-refractivity contribution in [2.75, 3.05) is 10.6 Å². The standard InChI is InChI=1S/C23H24ClF3N4O/c1-5-15(4)28-22-29-19(16-7-6-8-18(11-16)32-23(25,26)27)12-20(31-22)30-21-13(2)9-17(24)10-14(21)3/h6-12,15H,5H2,1-4H3,(H2,28,29,30,31)/t15-/m1/s1. The van der Waals surface area contributed by atoms with E-state index in [2.05, 4.69) is 25.3 Å². The van der Waals surface area contributed by atoms with Gasteiger partial charge in [0.05, 0.1) is 5.69 Å². The highest BCUT2D eigenvalue weighted by Gasteiger charge is 2.31. The van der Waals surface area contributed by atoms with Gasteiger partial charge in [0.15, 0.2) is 0 Å². The van der Waals surface area contributed by atoms with Gasteiger partial charge >= 0.3 is 6.36 Å². The number of hydrogen-bond acceptors (Lipinski definition) is 5. The Bertz CT molecular complexity index is 1080. The van der Waals surface area contributed by atoms with E-state index in [0.717, 1.165) is 23.2 Å². The molecule has 0 aliphatic carbocycles. The van der Waals surface area contributed by atoms with Crippen LogP contribution in [0, 0.1) is 13.8 Å². The van der Waals surface area contributed by atoms with Crippen molar-refractivity contribution in [1.29, 1.82) is 0 Å². The molecule has 0 aliphatic heterocycles. The van der Waals surface area contributed by atoms with E-state index < -0.39 is 6.36 Å². The molecule has 5 nitrogen and oxygen atoms in total. The molecule has 32 heavy (non-hydrogen) atoms. The number of aromatic nitrogens is 2. The van der Waals surface area contributed by atoms with Crippen LogP contribution in [0.4, 0.5) is 30.6 Å². The van der Waals surface area contributed by atoms with E-state index in [0.29, 0.717) is 28.0 Å². The van der Waals surface area contributed by atoms with Crippen LogP contribution in [-0.2, 0) is 0 Å². The lowest BCUT2D eigenvalue weighted by Gasteiger charge is -2.17. The van der Waals surface area contributed by atoms with Crippen LogP contribution in [0.3, 0.4) is 0 Å². The van der Waals surface area contributed by atoms with Crippen molar-refractivity contribution in [2.24, 2.45) is 0 Å². The number of alkyl halides is 3. The van der Waals surface area contributed by atoms with Crippen LogP contribution < -0.4 is 15.4 Å². The van der Waals surface area contributed by atoms with Crippen molar-refractivity contribution >= 4 is 29.1 Å². The molecule has 0 fully saturated rings. The molecule has 170 valence electrons. The average Bonchev–Trinajstić information content (AvgIpc) is 2.69. The Morgan fingerprint density at radius 3 is 2.38 bits per heavy atom. The number of aryl methyl sites for hydroxylation is 2. The van der Waals surface area contributed by atoms with Crippen molar-refractivity contribution in [3.63, 3.8) is 0 Å². The van der Waals surface area contributed by atoms with Crippen LogP contribution in [0.25, 0.3) is 11.3 Å². The van der Waals surface area contributed by atoms with Gasteiger partial charge in [-0.15, -0.1) is 13.2 Å². The van der Waals surface area contributed by atoms with Gasteiger partial charge in [0.1, 0.15) is 11.6 Å². The Balaban J connectivity index is 2.03. The second kappa shape index (κ2) is 9.65. The summed E-state index contributed by atoms with van der Waals surface area (Å²) < 4.78 is 42.0. The van der Waals surface area contributed by atoms with Gasteiger partial charge in [-0.25, -0.2) is 4.98 Å². The summed E-state index contributed by atoms with van der Waals surface area (Å²) in [5, 5.41) is 7.16. The first-order chi connectivity index (χ1) is 15.0. The Morgan fingerprint density at radius 1 is 1.06 bits per heavy atom. The first-order valence-electron chi connectivity index (χ1n) is 10.1. The lowest BCUT2D eigenvalue weighted by Crippen LogP contribution is -2.17. The van der Waals surface area contributed by atoms with Gasteiger partial charge in [0.25, 0.3) is 0 Å². The second-order valence-electron chi connectivity index (χ2n) is 7.53. The smallest absolute Gasteiger partial charge is 0.406 e. The third kappa shape index (κ3) is 6.26. The third-order valence-corrected chi connectivity index (χ3v) is 5.05. The summed E-state index contributed by atoms with van der Waals surface area (Å²) in [6.07, 6.45) is -3.93.